The minimum atomic E-state index is 0.702. The first kappa shape index (κ1) is 17.4. The first-order chi connectivity index (χ1) is 13.6. The highest BCUT2D eigenvalue weighted by molar-refractivity contribution is 9.10. The van der Waals surface area contributed by atoms with Crippen LogP contribution < -0.4 is 0 Å². The van der Waals surface area contributed by atoms with Crippen LogP contribution in [0, 0.1) is 6.92 Å². The van der Waals surface area contributed by atoms with Crippen LogP contribution in [0.2, 0.25) is 5.02 Å². The summed E-state index contributed by atoms with van der Waals surface area (Å²) in [4.78, 5) is 4.68. The van der Waals surface area contributed by atoms with Gasteiger partial charge in [-0.25, -0.2) is 4.68 Å². The SMILES string of the molecule is Cc1ccc(-c2nn(-c3ccc(Cl)cc3)c3c2cnc2ccc(Br)cc23)cc1. The molecule has 3 nitrogen and oxygen atoms in total. The number of rotatable bonds is 2. The second-order valence-corrected chi connectivity index (χ2v) is 8.14. The van der Waals surface area contributed by atoms with Crippen LogP contribution in [0.5, 0.6) is 0 Å². The van der Waals surface area contributed by atoms with Crippen molar-refractivity contribution in [2.75, 3.05) is 0 Å². The molecule has 5 heteroatoms. The number of pyridine rings is 1. The van der Waals surface area contributed by atoms with Gasteiger partial charge in [-0.15, -0.1) is 0 Å². The molecule has 2 heterocycles. The molecule has 0 amide bonds. The summed E-state index contributed by atoms with van der Waals surface area (Å²) in [5.74, 6) is 0. The molecule has 0 bridgehead atoms. The lowest BCUT2D eigenvalue weighted by Crippen LogP contribution is -1.97. The Bertz CT molecular complexity index is 1320. The number of aryl methyl sites for hydroxylation is 1. The van der Waals surface area contributed by atoms with Gasteiger partial charge in [0.1, 0.15) is 5.69 Å². The Morgan fingerprint density at radius 1 is 0.893 bits per heavy atom. The first-order valence-electron chi connectivity index (χ1n) is 8.90. The quantitative estimate of drug-likeness (QED) is 0.292. The normalized spacial score (nSPS) is 11.4. The van der Waals surface area contributed by atoms with E-state index >= 15 is 0 Å². The summed E-state index contributed by atoms with van der Waals surface area (Å²) in [6.07, 6.45) is 1.92. The van der Waals surface area contributed by atoms with E-state index < -0.39 is 0 Å². The molecule has 0 aliphatic rings. The van der Waals surface area contributed by atoms with Crippen LogP contribution in [0.4, 0.5) is 0 Å². The van der Waals surface area contributed by atoms with E-state index in [1.54, 1.807) is 0 Å². The maximum absolute atomic E-state index is 6.10. The number of hydrogen-bond donors (Lipinski definition) is 0. The van der Waals surface area contributed by atoms with Crippen molar-refractivity contribution in [3.63, 3.8) is 0 Å². The summed E-state index contributed by atoms with van der Waals surface area (Å²) in [5, 5.41) is 7.76. The van der Waals surface area contributed by atoms with Gasteiger partial charge in [-0.3, -0.25) is 4.98 Å². The molecule has 28 heavy (non-hydrogen) atoms. The van der Waals surface area contributed by atoms with Crippen molar-refractivity contribution >= 4 is 49.3 Å². The lowest BCUT2D eigenvalue weighted by atomic mass is 10.1. The van der Waals surface area contributed by atoms with Crippen LogP contribution in [0.1, 0.15) is 5.56 Å². The van der Waals surface area contributed by atoms with Crippen LogP contribution in [0.25, 0.3) is 38.8 Å². The first-order valence-corrected chi connectivity index (χ1v) is 10.1. The molecule has 0 N–H and O–H groups in total. The molecule has 3 aromatic carbocycles. The molecule has 0 spiro atoms. The smallest absolute Gasteiger partial charge is 0.102 e. The van der Waals surface area contributed by atoms with E-state index in [1.807, 2.05) is 47.3 Å². The Balaban J connectivity index is 1.90. The Kier molecular flexibility index (Phi) is 4.18. The van der Waals surface area contributed by atoms with Crippen LogP contribution in [-0.2, 0) is 0 Å². The van der Waals surface area contributed by atoms with Crippen LogP contribution in [-0.4, -0.2) is 14.8 Å². The summed E-state index contributed by atoms with van der Waals surface area (Å²) < 4.78 is 2.99. The Morgan fingerprint density at radius 2 is 1.64 bits per heavy atom. The summed E-state index contributed by atoms with van der Waals surface area (Å²) in [6, 6.07) is 22.3. The Hall–Kier alpha value is -2.69. The van der Waals surface area contributed by atoms with Gasteiger partial charge < -0.3 is 0 Å². The predicted molar refractivity (Wildman–Crippen MR) is 119 cm³/mol. The Morgan fingerprint density at radius 3 is 2.39 bits per heavy atom. The van der Waals surface area contributed by atoms with Gasteiger partial charge in [0.2, 0.25) is 0 Å². The minimum absolute atomic E-state index is 0.702. The number of aromatic nitrogens is 3. The molecule has 0 fully saturated rings. The van der Waals surface area contributed by atoms with E-state index in [4.69, 9.17) is 16.7 Å². The molecular weight excluding hydrogens is 434 g/mol. The van der Waals surface area contributed by atoms with Gasteiger partial charge in [0.15, 0.2) is 0 Å². The zero-order valence-electron chi connectivity index (χ0n) is 15.0. The fourth-order valence-electron chi connectivity index (χ4n) is 3.45. The van der Waals surface area contributed by atoms with Crippen molar-refractivity contribution in [2.45, 2.75) is 6.92 Å². The maximum atomic E-state index is 6.10. The monoisotopic (exact) mass is 447 g/mol. The number of benzene rings is 3. The van der Waals surface area contributed by atoms with Gasteiger partial charge >= 0.3 is 0 Å². The standard InChI is InChI=1S/C23H15BrClN3/c1-14-2-4-15(5-3-14)22-20-13-26-21-11-6-16(24)12-19(21)23(20)28(27-22)18-9-7-17(25)8-10-18/h2-13H,1H3. The number of halogens is 2. The molecule has 0 atom stereocenters. The molecule has 0 saturated carbocycles. The lowest BCUT2D eigenvalue weighted by Gasteiger charge is -2.06. The molecule has 0 radical (unpaired) electrons. The molecule has 0 aliphatic carbocycles. The second kappa shape index (κ2) is 6.73. The van der Waals surface area contributed by atoms with Crippen molar-refractivity contribution in [1.29, 1.82) is 0 Å². The molecule has 0 saturated heterocycles. The van der Waals surface area contributed by atoms with Gasteiger partial charge in [-0.1, -0.05) is 57.4 Å². The maximum Gasteiger partial charge on any atom is 0.102 e. The van der Waals surface area contributed by atoms with Crippen molar-refractivity contribution in [3.8, 4) is 16.9 Å². The van der Waals surface area contributed by atoms with Gasteiger partial charge in [-0.05, 0) is 49.4 Å². The number of fused-ring (bicyclic) bond motifs is 3. The molecule has 136 valence electrons. The second-order valence-electron chi connectivity index (χ2n) is 6.78. The third-order valence-corrected chi connectivity index (χ3v) is 5.61. The van der Waals surface area contributed by atoms with Gasteiger partial charge in [0, 0.05) is 32.0 Å². The van der Waals surface area contributed by atoms with Crippen LogP contribution >= 0.6 is 27.5 Å². The van der Waals surface area contributed by atoms with Crippen molar-refractivity contribution in [3.05, 3.63) is 88.0 Å². The number of nitrogens with zero attached hydrogens (tertiary/aromatic N) is 3. The zero-order valence-corrected chi connectivity index (χ0v) is 17.4. The van der Waals surface area contributed by atoms with E-state index in [0.717, 1.165) is 43.2 Å². The molecule has 5 aromatic rings. The fraction of sp³-hybridized carbons (Fsp3) is 0.0435. The van der Waals surface area contributed by atoms with Crippen LogP contribution in [0.3, 0.4) is 0 Å². The largest absolute Gasteiger partial charge is 0.255 e. The number of hydrogen-bond acceptors (Lipinski definition) is 2. The van der Waals surface area contributed by atoms with E-state index in [1.165, 1.54) is 5.56 Å². The summed E-state index contributed by atoms with van der Waals surface area (Å²) in [6.45, 7) is 2.08. The van der Waals surface area contributed by atoms with Crippen LogP contribution in [0.15, 0.2) is 77.4 Å². The highest BCUT2D eigenvalue weighted by atomic mass is 79.9. The summed E-state index contributed by atoms with van der Waals surface area (Å²) >= 11 is 9.70. The lowest BCUT2D eigenvalue weighted by molar-refractivity contribution is 0.917. The van der Waals surface area contributed by atoms with Crippen molar-refractivity contribution < 1.29 is 0 Å². The third kappa shape index (κ3) is 2.89. The fourth-order valence-corrected chi connectivity index (χ4v) is 3.94. The minimum Gasteiger partial charge on any atom is -0.255 e. The predicted octanol–water partition coefficient (Wildman–Crippen LogP) is 6.97. The van der Waals surface area contributed by atoms with E-state index in [0.29, 0.717) is 5.02 Å². The van der Waals surface area contributed by atoms with E-state index in [-0.39, 0.29) is 0 Å². The topological polar surface area (TPSA) is 30.7 Å². The van der Waals surface area contributed by atoms with E-state index in [9.17, 15) is 0 Å². The summed E-state index contributed by atoms with van der Waals surface area (Å²) in [7, 11) is 0. The van der Waals surface area contributed by atoms with Gasteiger partial charge in [-0.2, -0.15) is 5.10 Å². The average Bonchev–Trinajstić information content (AvgIpc) is 3.09. The van der Waals surface area contributed by atoms with Crippen molar-refractivity contribution in [2.24, 2.45) is 0 Å². The molecule has 0 unspecified atom stereocenters. The molecule has 0 aliphatic heterocycles. The van der Waals surface area contributed by atoms with Gasteiger partial charge in [0.25, 0.3) is 0 Å². The molecular formula is C23H15BrClN3. The molecule has 5 rings (SSSR count). The Labute approximate surface area is 175 Å². The van der Waals surface area contributed by atoms with Crippen molar-refractivity contribution in [1.82, 2.24) is 14.8 Å². The van der Waals surface area contributed by atoms with Gasteiger partial charge in [0.05, 0.1) is 16.7 Å². The average molecular weight is 449 g/mol. The highest BCUT2D eigenvalue weighted by Crippen LogP contribution is 2.34. The molecule has 2 aromatic heterocycles. The highest BCUT2D eigenvalue weighted by Gasteiger charge is 2.17. The zero-order chi connectivity index (χ0) is 19.3. The van der Waals surface area contributed by atoms with E-state index in [2.05, 4.69) is 58.2 Å². The third-order valence-electron chi connectivity index (χ3n) is 4.86. The summed E-state index contributed by atoms with van der Waals surface area (Å²) in [5.41, 5.74) is 6.13.